The predicted octanol–water partition coefficient (Wildman–Crippen LogP) is 6.81. The van der Waals surface area contributed by atoms with Gasteiger partial charge in [-0.1, -0.05) is 57.7 Å². The number of halogens is 3. The second-order valence-corrected chi connectivity index (χ2v) is 15.2. The molecule has 0 unspecified atom stereocenters. The van der Waals surface area contributed by atoms with Crippen molar-refractivity contribution in [3.05, 3.63) is 78.1 Å². The topological polar surface area (TPSA) is 173 Å². The number of fused-ring (bicyclic) bond motifs is 1. The molecule has 5 rings (SSSR count). The fourth-order valence-corrected chi connectivity index (χ4v) is 7.74. The van der Waals surface area contributed by atoms with Crippen LogP contribution in [0.4, 0.5) is 19.0 Å². The third-order valence-corrected chi connectivity index (χ3v) is 10.7. The first-order valence-corrected chi connectivity index (χ1v) is 19.3. The number of nitrogens with zero attached hydrogens (tertiary/aromatic N) is 4. The van der Waals surface area contributed by atoms with Gasteiger partial charge >= 0.3 is 19.8 Å². The average molecular weight is 763 g/mol. The average Bonchev–Trinajstić information content (AvgIpc) is 3.67. The Balaban J connectivity index is 1.40. The number of aliphatic hydroxyl groups excluding tert-OH is 1. The van der Waals surface area contributed by atoms with E-state index in [2.05, 4.69) is 33.9 Å². The van der Waals surface area contributed by atoms with Gasteiger partial charge in [0.2, 0.25) is 0 Å². The highest BCUT2D eigenvalue weighted by Crippen LogP contribution is 2.48. The molecule has 0 amide bonds. The number of nitrogen functional groups attached to an aromatic ring is 1. The molecular weight excluding hydrogens is 716 g/mol. The van der Waals surface area contributed by atoms with Crippen molar-refractivity contribution in [1.82, 2.24) is 24.6 Å². The Morgan fingerprint density at radius 3 is 2.45 bits per heavy atom. The molecule has 0 saturated carbocycles. The molecule has 0 spiro atoms. The fraction of sp³-hybridized carbons (Fsp3) is 0.500. The number of carbonyl (C=O) groups is 1. The fourth-order valence-electron chi connectivity index (χ4n) is 6.16. The van der Waals surface area contributed by atoms with E-state index in [4.69, 9.17) is 24.3 Å². The molecule has 288 valence electrons. The molecule has 4 N–H and O–H groups in total. The molecule has 0 bridgehead atoms. The van der Waals surface area contributed by atoms with Gasteiger partial charge in [-0.2, -0.15) is 19.4 Å². The standard InChI is InChI=1S/C36H46F3N6O7P/c1-4-6-11-23(12-7-5-2)20-49-34(47)28(17-24-15-25(37)18-26(38)16-24)44-53(48,52-27-13-9-8-10-14-27)50-21-36(3)29(46)19-30(51-36)45-22-41-31-32(40)42-35(39)43-33(31)45/h8-10,13-16,18,22-23,28-30,46H,4-7,11-12,17,19-21H2,1-3H3,(H,44,48)(H2,40,42,43)/t28-,29-,30+,36+,53-/m0/s1. The van der Waals surface area contributed by atoms with Crippen LogP contribution in [-0.4, -0.2) is 61.6 Å². The van der Waals surface area contributed by atoms with E-state index in [1.165, 1.54) is 30.0 Å². The summed E-state index contributed by atoms with van der Waals surface area (Å²) in [6, 6.07) is 9.42. The number of aromatic nitrogens is 4. The number of ether oxygens (including phenoxy) is 2. The minimum atomic E-state index is -4.58. The molecule has 4 aromatic rings. The molecule has 0 radical (unpaired) electrons. The molecule has 1 fully saturated rings. The molecule has 2 aromatic heterocycles. The van der Waals surface area contributed by atoms with Crippen LogP contribution in [0.5, 0.6) is 5.75 Å². The van der Waals surface area contributed by atoms with Gasteiger partial charge in [0.25, 0.3) is 0 Å². The summed E-state index contributed by atoms with van der Waals surface area (Å²) in [5.74, 6) is -2.50. The Labute approximate surface area is 306 Å². The second kappa shape index (κ2) is 17.8. The van der Waals surface area contributed by atoms with Crippen molar-refractivity contribution >= 4 is 30.7 Å². The number of carbonyl (C=O) groups excluding carboxylic acids is 1. The first-order valence-electron chi connectivity index (χ1n) is 17.7. The van der Waals surface area contributed by atoms with E-state index in [1.807, 2.05) is 0 Å². The summed E-state index contributed by atoms with van der Waals surface area (Å²) in [6.07, 6.45) is 3.32. The lowest BCUT2D eigenvalue weighted by atomic mass is 9.97. The Morgan fingerprint density at radius 2 is 1.79 bits per heavy atom. The van der Waals surface area contributed by atoms with Crippen LogP contribution in [0.3, 0.4) is 0 Å². The van der Waals surface area contributed by atoms with Crippen molar-refractivity contribution < 1.29 is 46.2 Å². The first-order chi connectivity index (χ1) is 25.3. The van der Waals surface area contributed by atoms with Gasteiger partial charge in [-0.05, 0) is 61.9 Å². The Hall–Kier alpha value is -4.08. The van der Waals surface area contributed by atoms with Gasteiger partial charge < -0.3 is 24.8 Å². The van der Waals surface area contributed by atoms with Crippen molar-refractivity contribution in [2.45, 2.75) is 96.1 Å². The van der Waals surface area contributed by atoms with E-state index in [-0.39, 0.29) is 53.7 Å². The summed E-state index contributed by atoms with van der Waals surface area (Å²) >= 11 is 0. The summed E-state index contributed by atoms with van der Waals surface area (Å²) in [4.78, 5) is 25.2. The third kappa shape index (κ3) is 10.5. The quantitative estimate of drug-likeness (QED) is 0.0519. The van der Waals surface area contributed by atoms with E-state index < -0.39 is 62.0 Å². The number of para-hydroxylation sites is 1. The highest BCUT2D eigenvalue weighted by Gasteiger charge is 2.48. The van der Waals surface area contributed by atoms with Gasteiger partial charge in [0.1, 0.15) is 35.3 Å². The van der Waals surface area contributed by atoms with Gasteiger partial charge in [-0.15, -0.1) is 0 Å². The van der Waals surface area contributed by atoms with E-state index in [0.717, 1.165) is 50.7 Å². The minimum absolute atomic E-state index is 0.0224. The lowest BCUT2D eigenvalue weighted by Crippen LogP contribution is -2.43. The number of aliphatic hydroxyl groups is 1. The van der Waals surface area contributed by atoms with Gasteiger partial charge in [0.05, 0.1) is 25.6 Å². The summed E-state index contributed by atoms with van der Waals surface area (Å²) in [6.45, 7) is 5.23. The molecule has 1 aliphatic rings. The molecule has 5 atom stereocenters. The number of unbranched alkanes of at least 4 members (excludes halogenated alkanes) is 2. The van der Waals surface area contributed by atoms with Crippen molar-refractivity contribution in [1.29, 1.82) is 0 Å². The molecule has 53 heavy (non-hydrogen) atoms. The van der Waals surface area contributed by atoms with Crippen LogP contribution in [0.15, 0.2) is 54.9 Å². The number of rotatable bonds is 19. The number of esters is 1. The summed E-state index contributed by atoms with van der Waals surface area (Å²) in [7, 11) is -4.58. The van der Waals surface area contributed by atoms with Crippen LogP contribution in [0.2, 0.25) is 0 Å². The van der Waals surface area contributed by atoms with Crippen LogP contribution >= 0.6 is 7.75 Å². The Kier molecular flexibility index (Phi) is 13.5. The molecule has 2 aromatic carbocycles. The van der Waals surface area contributed by atoms with Crippen molar-refractivity contribution in [2.75, 3.05) is 18.9 Å². The molecular formula is C36H46F3N6O7P. The van der Waals surface area contributed by atoms with Gasteiger partial charge in [0, 0.05) is 12.5 Å². The maximum atomic E-state index is 14.7. The lowest BCUT2D eigenvalue weighted by molar-refractivity contribution is -0.147. The maximum Gasteiger partial charge on any atom is 0.459 e. The lowest BCUT2D eigenvalue weighted by Gasteiger charge is -2.31. The highest BCUT2D eigenvalue weighted by atomic mass is 31.2. The Morgan fingerprint density at radius 1 is 1.11 bits per heavy atom. The van der Waals surface area contributed by atoms with Crippen LogP contribution in [0.25, 0.3) is 11.2 Å². The van der Waals surface area contributed by atoms with Gasteiger partial charge in [-0.25, -0.2) is 18.3 Å². The number of hydrogen-bond acceptors (Lipinski definition) is 11. The molecule has 17 heteroatoms. The maximum absolute atomic E-state index is 14.7. The molecule has 1 saturated heterocycles. The SMILES string of the molecule is CCCCC(CCCC)COC(=O)[C@H](Cc1cc(F)cc(F)c1)N[P@](=O)(OC[C@@]1(C)O[C@@H](n2cnc3c(N)nc(F)nc32)C[C@@H]1O)Oc1ccccc1. The molecule has 3 heterocycles. The van der Waals surface area contributed by atoms with Crippen LogP contribution in [-0.2, 0) is 29.8 Å². The van der Waals surface area contributed by atoms with Crippen molar-refractivity contribution in [2.24, 2.45) is 5.92 Å². The van der Waals surface area contributed by atoms with E-state index in [0.29, 0.717) is 6.07 Å². The molecule has 0 aliphatic carbocycles. The third-order valence-electron chi connectivity index (χ3n) is 9.11. The number of anilines is 1. The number of benzene rings is 2. The van der Waals surface area contributed by atoms with Crippen LogP contribution in [0, 0.1) is 23.6 Å². The summed E-state index contributed by atoms with van der Waals surface area (Å²) in [5.41, 5.74) is 4.55. The van der Waals surface area contributed by atoms with Crippen molar-refractivity contribution in [3.63, 3.8) is 0 Å². The minimum Gasteiger partial charge on any atom is -0.464 e. The van der Waals surface area contributed by atoms with Crippen LogP contribution in [0.1, 0.15) is 77.5 Å². The number of nitrogens with two attached hydrogens (primary N) is 1. The van der Waals surface area contributed by atoms with E-state index in [9.17, 15) is 27.6 Å². The number of nitrogens with one attached hydrogen (secondary N) is 1. The van der Waals surface area contributed by atoms with E-state index >= 15 is 0 Å². The van der Waals surface area contributed by atoms with Crippen molar-refractivity contribution in [3.8, 4) is 5.75 Å². The normalized spacial score (nSPS) is 20.5. The first kappa shape index (κ1) is 40.1. The van der Waals surface area contributed by atoms with Gasteiger partial charge in [0.15, 0.2) is 17.0 Å². The molecule has 13 nitrogen and oxygen atoms in total. The van der Waals surface area contributed by atoms with Gasteiger partial charge in [-0.3, -0.25) is 13.9 Å². The summed E-state index contributed by atoms with van der Waals surface area (Å²) in [5, 5.41) is 13.9. The zero-order valence-corrected chi connectivity index (χ0v) is 30.8. The Bertz CT molecular complexity index is 1860. The smallest absolute Gasteiger partial charge is 0.459 e. The predicted molar refractivity (Wildman–Crippen MR) is 190 cm³/mol. The number of hydrogen-bond donors (Lipinski definition) is 3. The van der Waals surface area contributed by atoms with E-state index in [1.54, 1.807) is 18.2 Å². The highest BCUT2D eigenvalue weighted by molar-refractivity contribution is 7.52. The summed E-state index contributed by atoms with van der Waals surface area (Å²) < 4.78 is 82.4. The monoisotopic (exact) mass is 762 g/mol. The second-order valence-electron chi connectivity index (χ2n) is 13.5. The number of imidazole rings is 1. The zero-order valence-electron chi connectivity index (χ0n) is 29.9. The largest absolute Gasteiger partial charge is 0.464 e. The zero-order chi connectivity index (χ0) is 38.2. The van der Waals surface area contributed by atoms with Crippen LogP contribution < -0.4 is 15.3 Å². The molecule has 1 aliphatic heterocycles.